The average molecular weight is 2010 g/mol. The van der Waals surface area contributed by atoms with E-state index in [2.05, 4.69) is 208 Å². The number of fused-ring (bicyclic) bond motifs is 25. The summed E-state index contributed by atoms with van der Waals surface area (Å²) in [5, 5.41) is 98.7. The molecule has 0 spiro atoms. The molecule has 9 nitrogen and oxygen atoms in total. The molecule has 0 bridgehead atoms. The van der Waals surface area contributed by atoms with Gasteiger partial charge in [-0.1, -0.05) is 221 Å². The van der Waals surface area contributed by atoms with Gasteiger partial charge in [-0.3, -0.25) is 0 Å². The maximum absolute atomic E-state index is 11.6. The predicted molar refractivity (Wildman–Crippen MR) is 601 cm³/mol. The summed E-state index contributed by atoms with van der Waals surface area (Å²) in [5.41, 5.74) is 5.29. The minimum absolute atomic E-state index is 0.0587. The van der Waals surface area contributed by atoms with E-state index in [1.807, 2.05) is 0 Å². The quantitative estimate of drug-likeness (QED) is 0.0771. The van der Waals surface area contributed by atoms with Crippen molar-refractivity contribution >= 4 is 0 Å². The fourth-order valence-corrected chi connectivity index (χ4v) is 45.2. The Balaban J connectivity index is 0.000000129. The Morgan fingerprint density at radius 3 is 0.847 bits per heavy atom. The third-order valence-corrected chi connectivity index (χ3v) is 54.0. The van der Waals surface area contributed by atoms with Gasteiger partial charge in [0.05, 0.1) is 54.9 Å². The van der Waals surface area contributed by atoms with Crippen LogP contribution >= 0.6 is 0 Å². The molecule has 49 atom stereocenters. The van der Waals surface area contributed by atoms with Crippen molar-refractivity contribution in [2.45, 2.75) is 590 Å². The number of hydrogen-bond acceptors (Lipinski definition) is 9. The van der Waals surface area contributed by atoms with Crippen molar-refractivity contribution in [3.63, 3.8) is 0 Å². The maximum atomic E-state index is 11.6. The second-order valence-corrected chi connectivity index (χ2v) is 67.3. The van der Waals surface area contributed by atoms with E-state index in [0.717, 1.165) is 149 Å². The highest BCUT2D eigenvalue weighted by molar-refractivity contribution is 5.20. The Labute approximate surface area is 889 Å². The van der Waals surface area contributed by atoms with Gasteiger partial charge in [0.2, 0.25) is 0 Å². The summed E-state index contributed by atoms with van der Waals surface area (Å²) in [7, 11) is 0. The van der Waals surface area contributed by atoms with Crippen molar-refractivity contribution < 1.29 is 46.0 Å². The summed E-state index contributed by atoms with van der Waals surface area (Å²) in [6.07, 6.45) is 62.4. The van der Waals surface area contributed by atoms with Gasteiger partial charge in [-0.15, -0.1) is 0 Å². The summed E-state index contributed by atoms with van der Waals surface area (Å²) in [5.74, 6) is 21.5. The van der Waals surface area contributed by atoms with E-state index in [4.69, 9.17) is 0 Å². The number of rotatable bonds is 15. The standard InChI is InChI=1S/C27H48O3.3C27H48O2.C27H48/c1-16(9-11-25(2,3)4)19-7-8-20-24-21(15-23(30)27(19,20)6)26(5)12-10-18(28)13-17(26)14-22(24)29;1-17(9-12-25(2,3)4)20-7-8-21-24-22(11-14-27(20,21)6)26(5)13-10-19(28)15-18(26)16-23(24)29;2*1-17(11-13-25(2,3)4)21-9-10-22-20-8-7-18-15-19(28)12-14-26(18,5)23(20)16-24(29)27(21,22)6;1-19(14-17-25(2,3)4)22-12-13-23-21-11-10-20-9-7-8-16-26(20,5)24(21)15-18-27(22,23)6/h16-24,28-30H,7-15H2,1-6H3;3*17-24,28-29H,7-16H2,1-6H3;19-24H,7-18H2,1-6H3/t16-,17+,18-,19-,20+,21+,22-,23+,24+,26+,27-;17-,18?,19-,20-,21+,22+,23-,24+,26+,27-;17-,18?,19-,20+,21-,22+,23+,24+,26+,27-;17-,18-,19-,20+,21-,22+,23+,24+,26+,27-;19-,20?,21+,22-,23+,24+,26+,27-/m11111/s1. The van der Waals surface area contributed by atoms with Crippen molar-refractivity contribution in [1.82, 2.24) is 0 Å². The Morgan fingerprint density at radius 2 is 0.465 bits per heavy atom. The lowest BCUT2D eigenvalue weighted by Crippen LogP contribution is -2.62. The molecule has 9 heteroatoms. The van der Waals surface area contributed by atoms with Crippen LogP contribution in [0, 0.1) is 259 Å². The van der Waals surface area contributed by atoms with Crippen LogP contribution in [-0.4, -0.2) is 101 Å². The molecule has 20 aliphatic carbocycles. The second kappa shape index (κ2) is 43.1. The first-order valence-electron chi connectivity index (χ1n) is 64.0. The summed E-state index contributed by atoms with van der Waals surface area (Å²) in [4.78, 5) is 0. The van der Waals surface area contributed by atoms with Crippen LogP contribution < -0.4 is 0 Å². The van der Waals surface area contributed by atoms with Crippen LogP contribution in [0.4, 0.5) is 0 Å². The monoisotopic (exact) mass is 2010 g/mol. The molecule has 0 aromatic heterocycles. The molecule has 0 aromatic carbocycles. The van der Waals surface area contributed by atoms with Crippen LogP contribution in [0.1, 0.15) is 535 Å². The predicted octanol–water partition coefficient (Wildman–Crippen LogP) is 33.2. The average Bonchev–Trinajstić information content (AvgIpc) is 1.44. The third kappa shape index (κ3) is 22.2. The van der Waals surface area contributed by atoms with E-state index in [1.54, 1.807) is 44.9 Å². The Bertz CT molecular complexity index is 4020. The fraction of sp³-hybridized carbons (Fsp3) is 1.00. The van der Waals surface area contributed by atoms with Gasteiger partial charge in [0, 0.05) is 0 Å². The zero-order chi connectivity index (χ0) is 105. The lowest BCUT2D eigenvalue weighted by atomic mass is 9.43. The minimum atomic E-state index is -0.265. The highest BCUT2D eigenvalue weighted by Crippen LogP contribution is 2.77. The van der Waals surface area contributed by atoms with Gasteiger partial charge in [-0.05, 0) is 573 Å². The molecule has 0 amide bonds. The van der Waals surface area contributed by atoms with E-state index >= 15 is 0 Å². The van der Waals surface area contributed by atoms with E-state index in [1.165, 1.54) is 193 Å². The second-order valence-electron chi connectivity index (χ2n) is 67.3. The molecule has 0 saturated heterocycles. The van der Waals surface area contributed by atoms with Gasteiger partial charge in [-0.25, -0.2) is 0 Å². The molecular formula is C135H240O9. The third-order valence-electron chi connectivity index (χ3n) is 54.0. The highest BCUT2D eigenvalue weighted by Gasteiger charge is 2.71. The van der Waals surface area contributed by atoms with Gasteiger partial charge in [0.1, 0.15) is 0 Å². The number of hydrogen-bond donors (Lipinski definition) is 9. The van der Waals surface area contributed by atoms with Crippen LogP contribution in [0.3, 0.4) is 0 Å². The Kier molecular flexibility index (Phi) is 34.8. The van der Waals surface area contributed by atoms with E-state index in [9.17, 15) is 46.0 Å². The molecule has 3 unspecified atom stereocenters. The Morgan fingerprint density at radius 1 is 0.208 bits per heavy atom. The molecule has 0 heterocycles. The zero-order valence-electron chi connectivity index (χ0n) is 100. The van der Waals surface area contributed by atoms with Gasteiger partial charge in [0.25, 0.3) is 0 Å². The lowest BCUT2D eigenvalue weighted by Gasteiger charge is -2.63. The molecule has 0 aromatic rings. The molecule has 20 fully saturated rings. The molecule has 0 aliphatic heterocycles. The number of aliphatic hydroxyl groups is 9. The molecule has 20 saturated carbocycles. The molecular weight excluding hydrogens is 1770 g/mol. The lowest BCUT2D eigenvalue weighted by molar-refractivity contribution is -0.207. The van der Waals surface area contributed by atoms with Crippen LogP contribution in [0.5, 0.6) is 0 Å². The van der Waals surface area contributed by atoms with Crippen molar-refractivity contribution in [3.05, 3.63) is 0 Å². The first-order chi connectivity index (χ1) is 66.9. The van der Waals surface area contributed by atoms with Gasteiger partial charge in [0.15, 0.2) is 0 Å². The fourth-order valence-electron chi connectivity index (χ4n) is 45.2. The smallest absolute Gasteiger partial charge is 0.0602 e. The van der Waals surface area contributed by atoms with Crippen LogP contribution in [0.2, 0.25) is 0 Å². The van der Waals surface area contributed by atoms with E-state index < -0.39 is 0 Å². The highest BCUT2D eigenvalue weighted by atomic mass is 16.3. The van der Waals surface area contributed by atoms with Crippen molar-refractivity contribution in [1.29, 1.82) is 0 Å². The molecule has 0 radical (unpaired) electrons. The summed E-state index contributed by atoms with van der Waals surface area (Å²) >= 11 is 0. The zero-order valence-corrected chi connectivity index (χ0v) is 100. The Hall–Kier alpha value is -0.360. The molecule has 9 N–H and O–H groups in total. The van der Waals surface area contributed by atoms with Gasteiger partial charge >= 0.3 is 0 Å². The van der Waals surface area contributed by atoms with E-state index in [-0.39, 0.29) is 76.6 Å². The molecule has 20 aliphatic rings. The van der Waals surface area contributed by atoms with Crippen molar-refractivity contribution in [2.24, 2.45) is 259 Å². The maximum Gasteiger partial charge on any atom is 0.0602 e. The SMILES string of the molecule is C[C@H](CCC(C)(C)C)[C@H]1CC[C@H]2[C@@H]3CCC4CCCC[C@]4(C)[C@H]3CC[C@]12C.C[C@H](CCC(C)(C)C)[C@H]1CC[C@H]2[C@@H]3CCC4C[C@H](O)CC[C@]4(C)[C@H]3C[C@H](O)[C@]12C.C[C@H](CCC(C)(C)C)[C@H]1CC[C@H]2[C@@H]3CC[C@@H]4C[C@H](O)CC[C@]4(C)[C@H]3C[C@H](O)[C@]12C.C[C@H](CCC(C)(C)C)[C@H]1CC[C@H]2[C@@H]3[C@H](O)CC4C[C@H](O)CC[C@]4(C)[C@H]3CC[C@]12C.C[C@H](CCC(C)(C)C)[C@H]1CC[C@H]2[C@@H]3[C@H](O)C[C@@H]4C[C@H](O)CC[C@]4(C)[C@H]3C[C@H](O)[C@]12C. The van der Waals surface area contributed by atoms with Crippen LogP contribution in [0.15, 0.2) is 0 Å². The first kappa shape index (κ1) is 116. The minimum Gasteiger partial charge on any atom is -0.393 e. The topological polar surface area (TPSA) is 182 Å². The van der Waals surface area contributed by atoms with Crippen molar-refractivity contribution in [3.8, 4) is 0 Å². The molecule has 834 valence electrons. The van der Waals surface area contributed by atoms with Crippen LogP contribution in [-0.2, 0) is 0 Å². The normalized spacial score (nSPS) is 50.9. The summed E-state index contributed by atoms with van der Waals surface area (Å²) in [6, 6.07) is 0. The summed E-state index contributed by atoms with van der Waals surface area (Å²) in [6.45, 7) is 73.4. The largest absolute Gasteiger partial charge is 0.393 e. The van der Waals surface area contributed by atoms with Crippen molar-refractivity contribution in [2.75, 3.05) is 0 Å². The first-order valence-corrected chi connectivity index (χ1v) is 64.0. The van der Waals surface area contributed by atoms with E-state index in [0.29, 0.717) is 178 Å². The number of aliphatic hydroxyl groups excluding tert-OH is 9. The van der Waals surface area contributed by atoms with Gasteiger partial charge < -0.3 is 46.0 Å². The van der Waals surface area contributed by atoms with Gasteiger partial charge in [-0.2, -0.15) is 0 Å². The van der Waals surface area contributed by atoms with Crippen LogP contribution in [0.25, 0.3) is 0 Å². The molecule has 144 heavy (non-hydrogen) atoms. The molecule has 20 rings (SSSR count). The summed E-state index contributed by atoms with van der Waals surface area (Å²) < 4.78 is 0.